The Balaban J connectivity index is 2.74. The number of hydrogen-bond donors (Lipinski definition) is 2. The van der Waals surface area contributed by atoms with Crippen molar-refractivity contribution in [2.24, 2.45) is 5.41 Å². The normalized spacial score (nSPS) is 21.1. The zero-order chi connectivity index (χ0) is 14.8. The van der Waals surface area contributed by atoms with Gasteiger partial charge in [0.05, 0.1) is 5.88 Å². The van der Waals surface area contributed by atoms with Crippen LogP contribution in [0.4, 0.5) is 0 Å². The molecule has 0 aromatic rings. The summed E-state index contributed by atoms with van der Waals surface area (Å²) in [7, 11) is 0. The van der Waals surface area contributed by atoms with Crippen LogP contribution in [0.1, 0.15) is 27.7 Å². The smallest absolute Gasteiger partial charge is 0.325 e. The molecule has 0 saturated carbocycles. The number of carbonyl (C=O) groups is 3. The number of carboxylic acid groups (broad SMARTS) is 1. The van der Waals surface area contributed by atoms with E-state index >= 15 is 0 Å². The molecule has 7 heteroatoms. The van der Waals surface area contributed by atoms with Gasteiger partial charge < -0.3 is 15.3 Å². The van der Waals surface area contributed by atoms with Crippen LogP contribution in [0.15, 0.2) is 0 Å². The molecule has 2 N–H and O–H groups in total. The van der Waals surface area contributed by atoms with Crippen molar-refractivity contribution in [2.45, 2.75) is 39.8 Å². The van der Waals surface area contributed by atoms with E-state index in [9.17, 15) is 14.4 Å². The largest absolute Gasteiger partial charge is 0.480 e. The molecule has 0 radical (unpaired) electrons. The summed E-state index contributed by atoms with van der Waals surface area (Å²) >= 11 is 1.50. The number of aliphatic carboxylic acids is 1. The fraction of sp³-hybridized carbons (Fsp3) is 0.750. The second-order valence-corrected chi connectivity index (χ2v) is 6.61. The Hall–Kier alpha value is -1.24. The van der Waals surface area contributed by atoms with Gasteiger partial charge in [0.25, 0.3) is 0 Å². The van der Waals surface area contributed by atoms with E-state index in [0.717, 1.165) is 0 Å². The monoisotopic (exact) mass is 288 g/mol. The van der Waals surface area contributed by atoms with Crippen LogP contribution in [0.2, 0.25) is 0 Å². The third-order valence-electron chi connectivity index (χ3n) is 2.82. The fourth-order valence-electron chi connectivity index (χ4n) is 1.66. The quantitative estimate of drug-likeness (QED) is 0.791. The Morgan fingerprint density at radius 1 is 1.37 bits per heavy atom. The number of nitrogens with zero attached hydrogens (tertiary/aromatic N) is 1. The number of thioether (sulfide) groups is 1. The number of carbonyl (C=O) groups excluding carboxylic acids is 2. The van der Waals surface area contributed by atoms with Gasteiger partial charge in [-0.25, -0.2) is 0 Å². The van der Waals surface area contributed by atoms with Gasteiger partial charge >= 0.3 is 5.97 Å². The van der Waals surface area contributed by atoms with Crippen LogP contribution in [0.3, 0.4) is 0 Å². The van der Waals surface area contributed by atoms with Crippen LogP contribution in [0.5, 0.6) is 0 Å². The van der Waals surface area contributed by atoms with E-state index in [1.54, 1.807) is 20.8 Å². The lowest BCUT2D eigenvalue weighted by Crippen LogP contribution is -2.53. The van der Waals surface area contributed by atoms with Crippen molar-refractivity contribution >= 4 is 29.5 Å². The highest BCUT2D eigenvalue weighted by molar-refractivity contribution is 7.99. The maximum Gasteiger partial charge on any atom is 0.325 e. The lowest BCUT2D eigenvalue weighted by Gasteiger charge is -2.29. The lowest BCUT2D eigenvalue weighted by atomic mass is 9.94. The van der Waals surface area contributed by atoms with Crippen molar-refractivity contribution in [1.82, 2.24) is 10.2 Å². The van der Waals surface area contributed by atoms with Crippen molar-refractivity contribution in [1.29, 1.82) is 0 Å². The van der Waals surface area contributed by atoms with Crippen LogP contribution in [-0.2, 0) is 14.4 Å². The van der Waals surface area contributed by atoms with E-state index in [-0.39, 0.29) is 5.91 Å². The molecule has 0 spiro atoms. The maximum absolute atomic E-state index is 12.2. The molecule has 1 saturated heterocycles. The van der Waals surface area contributed by atoms with Crippen LogP contribution in [-0.4, -0.2) is 51.5 Å². The predicted molar refractivity (Wildman–Crippen MR) is 72.7 cm³/mol. The van der Waals surface area contributed by atoms with Crippen molar-refractivity contribution < 1.29 is 19.5 Å². The van der Waals surface area contributed by atoms with Crippen molar-refractivity contribution in [3.05, 3.63) is 0 Å². The highest BCUT2D eigenvalue weighted by Crippen LogP contribution is 2.27. The average Bonchev–Trinajstić information content (AvgIpc) is 2.74. The van der Waals surface area contributed by atoms with Gasteiger partial charge in [0.2, 0.25) is 11.8 Å². The number of hydrogen-bond acceptors (Lipinski definition) is 4. The molecule has 0 aromatic carbocycles. The molecule has 1 fully saturated rings. The Morgan fingerprint density at radius 3 is 2.42 bits per heavy atom. The van der Waals surface area contributed by atoms with Gasteiger partial charge in [0, 0.05) is 11.2 Å². The Labute approximate surface area is 116 Å². The third kappa shape index (κ3) is 3.86. The summed E-state index contributed by atoms with van der Waals surface area (Å²) in [4.78, 5) is 36.5. The zero-order valence-electron chi connectivity index (χ0n) is 11.6. The summed E-state index contributed by atoms with van der Waals surface area (Å²) in [6, 6.07) is -1.54. The SMILES string of the molecule is C[C@@H](NC(=O)C1CSCN1C(=O)C(C)(C)C)C(=O)O. The first kappa shape index (κ1) is 15.8. The highest BCUT2D eigenvalue weighted by atomic mass is 32.2. The van der Waals surface area contributed by atoms with Crippen molar-refractivity contribution in [3.63, 3.8) is 0 Å². The first-order valence-electron chi connectivity index (χ1n) is 6.06. The maximum atomic E-state index is 12.2. The molecular weight excluding hydrogens is 268 g/mol. The summed E-state index contributed by atoms with van der Waals surface area (Å²) < 4.78 is 0. The topological polar surface area (TPSA) is 86.7 Å². The molecule has 0 aromatic heterocycles. The minimum absolute atomic E-state index is 0.0966. The van der Waals surface area contributed by atoms with Crippen LogP contribution < -0.4 is 5.32 Å². The van der Waals surface area contributed by atoms with Gasteiger partial charge in [-0.3, -0.25) is 14.4 Å². The molecule has 6 nitrogen and oxygen atoms in total. The lowest BCUT2D eigenvalue weighted by molar-refractivity contribution is -0.146. The van der Waals surface area contributed by atoms with E-state index in [1.165, 1.54) is 23.6 Å². The second kappa shape index (κ2) is 5.81. The molecule has 0 bridgehead atoms. The highest BCUT2D eigenvalue weighted by Gasteiger charge is 2.39. The van der Waals surface area contributed by atoms with Gasteiger partial charge in [0.1, 0.15) is 12.1 Å². The summed E-state index contributed by atoms with van der Waals surface area (Å²) in [5.41, 5.74) is -0.554. The van der Waals surface area contributed by atoms with E-state index in [2.05, 4.69) is 5.32 Å². The summed E-state index contributed by atoms with van der Waals surface area (Å²) in [5.74, 6) is -0.624. The van der Waals surface area contributed by atoms with E-state index in [4.69, 9.17) is 5.11 Å². The standard InChI is InChI=1S/C12H20N2O4S/c1-7(10(16)17)13-9(15)8-5-19-6-14(8)11(18)12(2,3)4/h7-8H,5-6H2,1-4H3,(H,13,15)(H,16,17)/t7-,8?/m1/s1. The van der Waals surface area contributed by atoms with Crippen molar-refractivity contribution in [3.8, 4) is 0 Å². The first-order valence-corrected chi connectivity index (χ1v) is 7.22. The minimum atomic E-state index is -1.09. The predicted octanol–water partition coefficient (Wildman–Crippen LogP) is 0.523. The Kier molecular flexibility index (Phi) is 4.84. The second-order valence-electron chi connectivity index (χ2n) is 5.61. The molecule has 1 aliphatic rings. The van der Waals surface area contributed by atoms with E-state index < -0.39 is 29.4 Å². The van der Waals surface area contributed by atoms with Crippen molar-refractivity contribution in [2.75, 3.05) is 11.6 Å². The number of rotatable bonds is 3. The molecule has 2 amide bonds. The Morgan fingerprint density at radius 2 is 1.95 bits per heavy atom. The molecule has 1 unspecified atom stereocenters. The number of nitrogens with one attached hydrogen (secondary N) is 1. The van der Waals surface area contributed by atoms with Gasteiger partial charge in [-0.1, -0.05) is 20.8 Å². The molecule has 108 valence electrons. The van der Waals surface area contributed by atoms with Crippen LogP contribution in [0, 0.1) is 5.41 Å². The molecule has 1 aliphatic heterocycles. The summed E-state index contributed by atoms with van der Waals surface area (Å²) in [6.45, 7) is 6.80. The van der Waals surface area contributed by atoms with Gasteiger partial charge in [-0.05, 0) is 6.92 Å². The minimum Gasteiger partial charge on any atom is -0.480 e. The average molecular weight is 288 g/mol. The van der Waals surface area contributed by atoms with Crippen LogP contribution in [0.25, 0.3) is 0 Å². The molecule has 0 aliphatic carbocycles. The van der Waals surface area contributed by atoms with E-state index in [0.29, 0.717) is 11.6 Å². The van der Waals surface area contributed by atoms with Crippen LogP contribution >= 0.6 is 11.8 Å². The summed E-state index contributed by atoms with van der Waals surface area (Å²) in [5, 5.41) is 11.2. The zero-order valence-corrected chi connectivity index (χ0v) is 12.4. The van der Waals surface area contributed by atoms with Gasteiger partial charge in [-0.15, -0.1) is 11.8 Å². The fourth-order valence-corrected chi connectivity index (χ4v) is 2.82. The molecule has 1 rings (SSSR count). The molecule has 1 heterocycles. The molecule has 2 atom stereocenters. The van der Waals surface area contributed by atoms with Gasteiger partial charge in [-0.2, -0.15) is 0 Å². The number of carboxylic acids is 1. The Bertz CT molecular complexity index is 392. The van der Waals surface area contributed by atoms with E-state index in [1.807, 2.05) is 0 Å². The number of amides is 2. The molecular formula is C12H20N2O4S. The van der Waals surface area contributed by atoms with Gasteiger partial charge in [0.15, 0.2) is 0 Å². The first-order chi connectivity index (χ1) is 8.64. The summed E-state index contributed by atoms with van der Waals surface area (Å²) in [6.07, 6.45) is 0. The molecule has 19 heavy (non-hydrogen) atoms. The third-order valence-corrected chi connectivity index (χ3v) is 3.83.